The Balaban J connectivity index is 1.71. The molecular formula is C23H26N4O2. The van der Waals surface area contributed by atoms with Crippen molar-refractivity contribution < 1.29 is 9.53 Å². The van der Waals surface area contributed by atoms with Crippen LogP contribution in [-0.2, 0) is 6.42 Å². The van der Waals surface area contributed by atoms with Gasteiger partial charge in [-0.25, -0.2) is 9.97 Å². The molecule has 1 heterocycles. The summed E-state index contributed by atoms with van der Waals surface area (Å²) in [6.07, 6.45) is 1.08. The van der Waals surface area contributed by atoms with Gasteiger partial charge in [-0.2, -0.15) is 0 Å². The van der Waals surface area contributed by atoms with Crippen molar-refractivity contribution in [2.75, 3.05) is 10.6 Å². The Hall–Kier alpha value is -3.41. The molecule has 0 radical (unpaired) electrons. The minimum Gasteiger partial charge on any atom is -0.491 e. The van der Waals surface area contributed by atoms with E-state index < -0.39 is 0 Å². The number of nitrogens with zero attached hydrogens (tertiary/aromatic N) is 2. The van der Waals surface area contributed by atoms with Crippen molar-refractivity contribution in [3.05, 3.63) is 71.5 Å². The van der Waals surface area contributed by atoms with Gasteiger partial charge in [-0.05, 0) is 75.2 Å². The molecule has 0 saturated carbocycles. The van der Waals surface area contributed by atoms with Crippen LogP contribution in [0.4, 0.5) is 17.3 Å². The molecule has 3 aromatic rings. The van der Waals surface area contributed by atoms with Crippen molar-refractivity contribution in [1.82, 2.24) is 9.97 Å². The van der Waals surface area contributed by atoms with Gasteiger partial charge >= 0.3 is 0 Å². The lowest BCUT2D eigenvalue weighted by molar-refractivity contribution is 0.102. The number of carbonyl (C=O) groups excluding carboxylic acids is 1. The molecule has 0 saturated heterocycles. The van der Waals surface area contributed by atoms with E-state index in [0.717, 1.165) is 17.9 Å². The minimum atomic E-state index is -0.294. The van der Waals surface area contributed by atoms with Crippen molar-refractivity contribution in [3.8, 4) is 5.75 Å². The zero-order valence-electron chi connectivity index (χ0n) is 17.2. The third-order valence-electron chi connectivity index (χ3n) is 4.19. The summed E-state index contributed by atoms with van der Waals surface area (Å²) in [5.74, 6) is 0.856. The Bertz CT molecular complexity index is 967. The summed E-state index contributed by atoms with van der Waals surface area (Å²) in [7, 11) is 0. The van der Waals surface area contributed by atoms with Gasteiger partial charge in [-0.1, -0.05) is 19.1 Å². The van der Waals surface area contributed by atoms with Gasteiger partial charge in [0.2, 0.25) is 5.95 Å². The van der Waals surface area contributed by atoms with Crippen molar-refractivity contribution in [1.29, 1.82) is 0 Å². The largest absolute Gasteiger partial charge is 0.491 e. The Morgan fingerprint density at radius 3 is 2.28 bits per heavy atom. The molecule has 0 atom stereocenters. The number of anilines is 3. The van der Waals surface area contributed by atoms with Crippen molar-refractivity contribution in [3.63, 3.8) is 0 Å². The van der Waals surface area contributed by atoms with E-state index in [1.807, 2.05) is 45.0 Å². The smallest absolute Gasteiger partial charge is 0.274 e. The number of nitrogens with one attached hydrogen (secondary N) is 2. The Morgan fingerprint density at radius 2 is 1.66 bits per heavy atom. The van der Waals surface area contributed by atoms with E-state index in [1.54, 1.807) is 18.2 Å². The molecule has 0 bridgehead atoms. The van der Waals surface area contributed by atoms with Crippen LogP contribution < -0.4 is 15.4 Å². The monoisotopic (exact) mass is 390 g/mol. The van der Waals surface area contributed by atoms with Crippen LogP contribution in [-0.4, -0.2) is 22.0 Å². The maximum atomic E-state index is 12.7. The Labute approximate surface area is 171 Å². The first-order valence-corrected chi connectivity index (χ1v) is 9.72. The van der Waals surface area contributed by atoms with E-state index in [0.29, 0.717) is 23.0 Å². The maximum absolute atomic E-state index is 12.7. The molecule has 0 spiro atoms. The fourth-order valence-corrected chi connectivity index (χ4v) is 2.78. The zero-order valence-corrected chi connectivity index (χ0v) is 17.2. The van der Waals surface area contributed by atoms with Crippen LogP contribution in [0.2, 0.25) is 0 Å². The first-order chi connectivity index (χ1) is 13.9. The lowest BCUT2D eigenvalue weighted by Crippen LogP contribution is -2.15. The highest BCUT2D eigenvalue weighted by atomic mass is 16.5. The van der Waals surface area contributed by atoms with Gasteiger partial charge < -0.3 is 15.4 Å². The minimum absolute atomic E-state index is 0.100. The topological polar surface area (TPSA) is 76.1 Å². The summed E-state index contributed by atoms with van der Waals surface area (Å²) < 4.78 is 5.62. The van der Waals surface area contributed by atoms with E-state index in [1.165, 1.54) is 5.56 Å². The standard InChI is InChI=1S/C23H26N4O2/c1-5-17-6-8-19(9-7-17)26-23-24-16(4)14-21(27-23)22(28)25-18-10-12-20(13-11-18)29-15(2)3/h6-15H,5H2,1-4H3,(H,25,28)(H,24,26,27). The number of hydrogen-bond donors (Lipinski definition) is 2. The van der Waals surface area contributed by atoms with Crippen LogP contribution in [0.3, 0.4) is 0 Å². The number of amides is 1. The average molecular weight is 390 g/mol. The molecule has 3 rings (SSSR count). The first-order valence-electron chi connectivity index (χ1n) is 9.72. The van der Waals surface area contributed by atoms with E-state index in [4.69, 9.17) is 4.74 Å². The van der Waals surface area contributed by atoms with Crippen molar-refractivity contribution >= 4 is 23.2 Å². The molecule has 2 N–H and O–H groups in total. The number of aryl methyl sites for hydroxylation is 2. The third-order valence-corrected chi connectivity index (χ3v) is 4.19. The predicted octanol–water partition coefficient (Wildman–Crippen LogP) is 5.13. The summed E-state index contributed by atoms with van der Waals surface area (Å²) in [6.45, 7) is 7.89. The summed E-state index contributed by atoms with van der Waals surface area (Å²) in [5.41, 5.74) is 3.81. The van der Waals surface area contributed by atoms with Gasteiger partial charge in [0.25, 0.3) is 5.91 Å². The second kappa shape index (κ2) is 9.19. The van der Waals surface area contributed by atoms with E-state index in [2.05, 4.69) is 39.7 Å². The Kier molecular flexibility index (Phi) is 6.44. The van der Waals surface area contributed by atoms with Crippen LogP contribution >= 0.6 is 0 Å². The lowest BCUT2D eigenvalue weighted by atomic mass is 10.1. The third kappa shape index (κ3) is 5.78. The van der Waals surface area contributed by atoms with Gasteiger partial charge in [0.1, 0.15) is 11.4 Å². The highest BCUT2D eigenvalue weighted by Crippen LogP contribution is 2.19. The van der Waals surface area contributed by atoms with Crippen molar-refractivity contribution in [2.24, 2.45) is 0 Å². The molecule has 29 heavy (non-hydrogen) atoms. The van der Waals surface area contributed by atoms with Gasteiger partial charge in [0, 0.05) is 17.1 Å². The predicted molar refractivity (Wildman–Crippen MR) is 116 cm³/mol. The molecule has 0 aliphatic rings. The quantitative estimate of drug-likeness (QED) is 0.585. The first kappa shape index (κ1) is 20.3. The van der Waals surface area contributed by atoms with Crippen LogP contribution in [0.25, 0.3) is 0 Å². The number of benzene rings is 2. The molecule has 0 aliphatic carbocycles. The molecule has 150 valence electrons. The van der Waals surface area contributed by atoms with Gasteiger partial charge in [0.05, 0.1) is 6.10 Å². The molecule has 0 fully saturated rings. The van der Waals surface area contributed by atoms with E-state index in [-0.39, 0.29) is 12.0 Å². The molecule has 1 amide bonds. The molecule has 0 aliphatic heterocycles. The summed E-state index contributed by atoms with van der Waals surface area (Å²) in [5, 5.41) is 6.02. The molecule has 0 unspecified atom stereocenters. The number of ether oxygens (including phenoxy) is 1. The van der Waals surface area contributed by atoms with E-state index in [9.17, 15) is 4.79 Å². The van der Waals surface area contributed by atoms with Gasteiger partial charge in [-0.15, -0.1) is 0 Å². The zero-order chi connectivity index (χ0) is 20.8. The summed E-state index contributed by atoms with van der Waals surface area (Å²) in [4.78, 5) is 21.4. The highest BCUT2D eigenvalue weighted by molar-refractivity contribution is 6.03. The van der Waals surface area contributed by atoms with Crippen LogP contribution in [0.1, 0.15) is 42.5 Å². The second-order valence-electron chi connectivity index (χ2n) is 7.04. The molecule has 6 heteroatoms. The second-order valence-corrected chi connectivity index (χ2v) is 7.04. The molecular weight excluding hydrogens is 364 g/mol. The van der Waals surface area contributed by atoms with E-state index >= 15 is 0 Å². The van der Waals surface area contributed by atoms with Crippen LogP contribution in [0.15, 0.2) is 54.6 Å². The molecule has 2 aromatic carbocycles. The van der Waals surface area contributed by atoms with Gasteiger partial charge in [0.15, 0.2) is 0 Å². The number of rotatable bonds is 7. The Morgan fingerprint density at radius 1 is 1.00 bits per heavy atom. The lowest BCUT2D eigenvalue weighted by Gasteiger charge is -2.11. The average Bonchev–Trinajstić information content (AvgIpc) is 2.69. The number of hydrogen-bond acceptors (Lipinski definition) is 5. The number of carbonyl (C=O) groups is 1. The number of aromatic nitrogens is 2. The summed E-state index contributed by atoms with van der Waals surface area (Å²) >= 11 is 0. The fourth-order valence-electron chi connectivity index (χ4n) is 2.78. The molecule has 1 aromatic heterocycles. The maximum Gasteiger partial charge on any atom is 0.274 e. The molecule has 6 nitrogen and oxygen atoms in total. The highest BCUT2D eigenvalue weighted by Gasteiger charge is 2.12. The normalized spacial score (nSPS) is 10.7. The van der Waals surface area contributed by atoms with Crippen molar-refractivity contribution in [2.45, 2.75) is 40.2 Å². The van der Waals surface area contributed by atoms with Crippen LogP contribution in [0.5, 0.6) is 5.75 Å². The van der Waals surface area contributed by atoms with Crippen LogP contribution in [0, 0.1) is 6.92 Å². The van der Waals surface area contributed by atoms with Gasteiger partial charge in [-0.3, -0.25) is 4.79 Å². The fraction of sp³-hybridized carbons (Fsp3) is 0.261. The summed E-state index contributed by atoms with van der Waals surface area (Å²) in [6, 6.07) is 17.0. The SMILES string of the molecule is CCc1ccc(Nc2nc(C)cc(C(=O)Nc3ccc(OC(C)C)cc3)n2)cc1.